The maximum Gasteiger partial charge on any atom is 0.128 e. The minimum absolute atomic E-state index is 0.521. The van der Waals surface area contributed by atoms with Gasteiger partial charge in [-0.05, 0) is 23.8 Å². The van der Waals surface area contributed by atoms with Crippen LogP contribution in [-0.4, -0.2) is 35.6 Å². The molecule has 3 nitrogen and oxygen atoms in total. The van der Waals surface area contributed by atoms with Crippen molar-refractivity contribution in [2.45, 2.75) is 32.9 Å². The van der Waals surface area contributed by atoms with Crippen LogP contribution in [0.2, 0.25) is 0 Å². The van der Waals surface area contributed by atoms with Crippen molar-refractivity contribution in [1.29, 1.82) is 0 Å². The van der Waals surface area contributed by atoms with Gasteiger partial charge in [0.1, 0.15) is 5.82 Å². The Bertz CT molecular complexity index is 343. The number of nitrogens with zero attached hydrogens (tertiary/aromatic N) is 2. The molecule has 0 saturated carbocycles. The molecule has 4 heteroatoms. The zero-order chi connectivity index (χ0) is 12.8. The van der Waals surface area contributed by atoms with E-state index < -0.39 is 0 Å². The van der Waals surface area contributed by atoms with Crippen molar-refractivity contribution in [2.75, 3.05) is 29.5 Å². The van der Waals surface area contributed by atoms with Crippen molar-refractivity contribution in [1.82, 2.24) is 10.3 Å². The van der Waals surface area contributed by atoms with Gasteiger partial charge < -0.3 is 10.2 Å². The molecule has 0 amide bonds. The van der Waals surface area contributed by atoms with E-state index in [0.717, 1.165) is 25.5 Å². The smallest absolute Gasteiger partial charge is 0.128 e. The molecule has 0 spiro atoms. The maximum atomic E-state index is 4.60. The summed E-state index contributed by atoms with van der Waals surface area (Å²) in [5.41, 5.74) is 1.26. The molecule has 1 aromatic rings. The minimum Gasteiger partial charge on any atom is -0.356 e. The molecule has 1 aromatic heterocycles. The average Bonchev–Trinajstić information content (AvgIpc) is 2.66. The summed E-state index contributed by atoms with van der Waals surface area (Å²) in [5.74, 6) is 3.64. The predicted octanol–water partition coefficient (Wildman–Crippen LogP) is 2.52. The van der Waals surface area contributed by atoms with Gasteiger partial charge in [0.2, 0.25) is 0 Å². The van der Waals surface area contributed by atoms with Crippen molar-refractivity contribution in [3.63, 3.8) is 0 Å². The molecule has 1 saturated heterocycles. The minimum atomic E-state index is 0.521. The van der Waals surface area contributed by atoms with E-state index in [1.807, 2.05) is 18.0 Å². The van der Waals surface area contributed by atoms with Crippen LogP contribution in [0.1, 0.15) is 25.8 Å². The molecular formula is C14H23N3S. The first-order valence-corrected chi connectivity index (χ1v) is 7.92. The van der Waals surface area contributed by atoms with Crippen LogP contribution in [-0.2, 0) is 6.54 Å². The molecule has 1 aliphatic rings. The van der Waals surface area contributed by atoms with Crippen LogP contribution < -0.4 is 10.2 Å². The highest BCUT2D eigenvalue weighted by Crippen LogP contribution is 2.17. The Hall–Kier alpha value is -0.740. The summed E-state index contributed by atoms with van der Waals surface area (Å²) in [7, 11) is 0. The van der Waals surface area contributed by atoms with E-state index in [9.17, 15) is 0 Å². The Morgan fingerprint density at radius 2 is 2.22 bits per heavy atom. The van der Waals surface area contributed by atoms with E-state index in [1.54, 1.807) is 0 Å². The fraction of sp³-hybridized carbons (Fsp3) is 0.643. The second-order valence-electron chi connectivity index (χ2n) is 5.01. The van der Waals surface area contributed by atoms with Gasteiger partial charge in [-0.3, -0.25) is 0 Å². The Labute approximate surface area is 114 Å². The van der Waals surface area contributed by atoms with E-state index in [0.29, 0.717) is 6.04 Å². The number of thioether (sulfide) groups is 1. The quantitative estimate of drug-likeness (QED) is 0.905. The Morgan fingerprint density at radius 3 is 2.94 bits per heavy atom. The Balaban J connectivity index is 1.93. The summed E-state index contributed by atoms with van der Waals surface area (Å²) in [6.07, 6.45) is 3.27. The summed E-state index contributed by atoms with van der Waals surface area (Å²) < 4.78 is 0. The van der Waals surface area contributed by atoms with Gasteiger partial charge in [-0.15, -0.1) is 0 Å². The first-order valence-electron chi connectivity index (χ1n) is 6.77. The molecule has 0 unspecified atom stereocenters. The van der Waals surface area contributed by atoms with E-state index in [-0.39, 0.29) is 0 Å². The van der Waals surface area contributed by atoms with Gasteiger partial charge in [0, 0.05) is 37.6 Å². The largest absolute Gasteiger partial charge is 0.356 e. The third-order valence-electron chi connectivity index (χ3n) is 3.07. The number of rotatable bonds is 4. The van der Waals surface area contributed by atoms with Crippen LogP contribution in [0.15, 0.2) is 18.3 Å². The molecule has 0 bridgehead atoms. The number of pyridine rings is 1. The molecule has 1 fully saturated rings. The van der Waals surface area contributed by atoms with Gasteiger partial charge in [-0.1, -0.05) is 19.9 Å². The molecule has 0 radical (unpaired) electrons. The van der Waals surface area contributed by atoms with Gasteiger partial charge in [-0.25, -0.2) is 4.98 Å². The highest BCUT2D eigenvalue weighted by molar-refractivity contribution is 7.99. The van der Waals surface area contributed by atoms with Gasteiger partial charge in [0.15, 0.2) is 0 Å². The summed E-state index contributed by atoms with van der Waals surface area (Å²) >= 11 is 2.05. The number of anilines is 1. The van der Waals surface area contributed by atoms with Crippen LogP contribution in [0.4, 0.5) is 5.82 Å². The lowest BCUT2D eigenvalue weighted by atomic mass is 10.2. The zero-order valence-electron chi connectivity index (χ0n) is 11.4. The molecule has 2 rings (SSSR count). The first kappa shape index (κ1) is 13.7. The van der Waals surface area contributed by atoms with Crippen molar-refractivity contribution in [2.24, 2.45) is 0 Å². The summed E-state index contributed by atoms with van der Waals surface area (Å²) in [5, 5.41) is 3.41. The van der Waals surface area contributed by atoms with Crippen molar-refractivity contribution in [3.05, 3.63) is 23.9 Å². The SMILES string of the molecule is CC(C)NCc1ccc(N2CCCSCC2)nc1. The molecule has 2 heterocycles. The van der Waals surface area contributed by atoms with E-state index in [2.05, 4.69) is 41.2 Å². The molecule has 1 aliphatic heterocycles. The molecule has 18 heavy (non-hydrogen) atoms. The van der Waals surface area contributed by atoms with E-state index >= 15 is 0 Å². The Kier molecular flexibility index (Phi) is 5.32. The van der Waals surface area contributed by atoms with Gasteiger partial charge in [0.25, 0.3) is 0 Å². The van der Waals surface area contributed by atoms with Crippen molar-refractivity contribution < 1.29 is 0 Å². The standard InChI is InChI=1S/C14H23N3S/c1-12(2)15-10-13-4-5-14(16-11-13)17-6-3-8-18-9-7-17/h4-5,11-12,15H,3,6-10H2,1-2H3. The molecule has 1 N–H and O–H groups in total. The summed E-state index contributed by atoms with van der Waals surface area (Å²) in [4.78, 5) is 7.00. The highest BCUT2D eigenvalue weighted by Gasteiger charge is 2.10. The number of nitrogens with one attached hydrogen (secondary N) is 1. The van der Waals surface area contributed by atoms with E-state index in [1.165, 1.54) is 23.5 Å². The second kappa shape index (κ2) is 7.00. The number of aromatic nitrogens is 1. The Morgan fingerprint density at radius 1 is 1.33 bits per heavy atom. The zero-order valence-corrected chi connectivity index (χ0v) is 12.2. The van der Waals surface area contributed by atoms with Crippen LogP contribution in [0, 0.1) is 0 Å². The van der Waals surface area contributed by atoms with Crippen molar-refractivity contribution in [3.8, 4) is 0 Å². The lowest BCUT2D eigenvalue weighted by Crippen LogP contribution is -2.26. The topological polar surface area (TPSA) is 28.2 Å². The predicted molar refractivity (Wildman–Crippen MR) is 80.4 cm³/mol. The van der Waals surface area contributed by atoms with Gasteiger partial charge in [-0.2, -0.15) is 11.8 Å². The van der Waals surface area contributed by atoms with Crippen LogP contribution in [0.25, 0.3) is 0 Å². The summed E-state index contributed by atoms with van der Waals surface area (Å²) in [6, 6.07) is 4.87. The molecule has 0 aliphatic carbocycles. The fourth-order valence-electron chi connectivity index (χ4n) is 2.01. The van der Waals surface area contributed by atoms with Gasteiger partial charge in [0.05, 0.1) is 0 Å². The summed E-state index contributed by atoms with van der Waals surface area (Å²) in [6.45, 7) is 7.50. The van der Waals surface area contributed by atoms with Crippen molar-refractivity contribution >= 4 is 17.6 Å². The number of hydrogen-bond acceptors (Lipinski definition) is 4. The first-order chi connectivity index (χ1) is 8.75. The normalized spacial score (nSPS) is 16.9. The third kappa shape index (κ3) is 4.18. The fourth-order valence-corrected chi connectivity index (χ4v) is 2.89. The highest BCUT2D eigenvalue weighted by atomic mass is 32.2. The lowest BCUT2D eigenvalue weighted by Gasteiger charge is -2.21. The lowest BCUT2D eigenvalue weighted by molar-refractivity contribution is 0.588. The third-order valence-corrected chi connectivity index (χ3v) is 4.12. The molecule has 100 valence electrons. The van der Waals surface area contributed by atoms with Crippen LogP contribution in [0.5, 0.6) is 0 Å². The maximum absolute atomic E-state index is 4.60. The van der Waals surface area contributed by atoms with Crippen LogP contribution >= 0.6 is 11.8 Å². The average molecular weight is 265 g/mol. The second-order valence-corrected chi connectivity index (χ2v) is 6.24. The molecule has 0 atom stereocenters. The molecule has 0 aromatic carbocycles. The van der Waals surface area contributed by atoms with E-state index in [4.69, 9.17) is 0 Å². The number of hydrogen-bond donors (Lipinski definition) is 1. The monoisotopic (exact) mass is 265 g/mol. The van der Waals surface area contributed by atoms with Crippen LogP contribution in [0.3, 0.4) is 0 Å². The van der Waals surface area contributed by atoms with Gasteiger partial charge >= 0.3 is 0 Å². The molecular weight excluding hydrogens is 242 g/mol.